The molecule has 3 aromatic carbocycles. The maximum absolute atomic E-state index is 2.71. The number of hydrogen-bond donors (Lipinski definition) is 0. The van der Waals surface area contributed by atoms with Gasteiger partial charge in [-0.15, -0.1) is 0 Å². The molecule has 0 aromatic heterocycles. The first kappa shape index (κ1) is 24.7. The van der Waals surface area contributed by atoms with Gasteiger partial charge in [0.05, 0.1) is 19.1 Å². The molecular weight excluding hydrogens is 456 g/mol. The molecule has 0 saturated carbocycles. The van der Waals surface area contributed by atoms with Gasteiger partial charge >= 0.3 is 0 Å². The Balaban J connectivity index is 0.00000289. The molecule has 170 valence electrons. The zero-order valence-corrected chi connectivity index (χ0v) is 21.1. The molecule has 32 heavy (non-hydrogen) atoms. The predicted molar refractivity (Wildman–Crippen MR) is 131 cm³/mol. The van der Waals surface area contributed by atoms with E-state index in [1.165, 1.54) is 47.4 Å². The molecule has 1 fully saturated rings. The molecule has 0 spiro atoms. The maximum Gasteiger partial charge on any atom is 0.105 e. The normalized spacial score (nSPS) is 17.8. The van der Waals surface area contributed by atoms with E-state index in [1.54, 1.807) is 0 Å². The molecule has 0 N–H and O–H groups in total. The summed E-state index contributed by atoms with van der Waals surface area (Å²) in [6, 6.07) is 34.3. The van der Waals surface area contributed by atoms with E-state index in [0.29, 0.717) is 12.1 Å². The van der Waals surface area contributed by atoms with Crippen LogP contribution >= 0.6 is 0 Å². The van der Waals surface area contributed by atoms with Crippen molar-refractivity contribution in [2.45, 2.75) is 45.3 Å². The quantitative estimate of drug-likeness (QED) is 0.436. The van der Waals surface area contributed by atoms with Gasteiger partial charge in [0.1, 0.15) is 6.54 Å². The molecule has 3 aromatic rings. The van der Waals surface area contributed by atoms with E-state index in [4.69, 9.17) is 0 Å². The van der Waals surface area contributed by atoms with Crippen LogP contribution in [0.5, 0.6) is 0 Å². The van der Waals surface area contributed by atoms with Gasteiger partial charge in [0.2, 0.25) is 0 Å². The van der Waals surface area contributed by atoms with Gasteiger partial charge in [-0.25, -0.2) is 0 Å². The Labute approximate surface area is 205 Å². The van der Waals surface area contributed by atoms with Gasteiger partial charge in [0.25, 0.3) is 0 Å². The Morgan fingerprint density at radius 2 is 1.09 bits per heavy atom. The van der Waals surface area contributed by atoms with E-state index in [-0.39, 0.29) is 17.0 Å². The lowest BCUT2D eigenvalue weighted by atomic mass is 9.99. The van der Waals surface area contributed by atoms with Crippen LogP contribution in [0.1, 0.15) is 30.5 Å². The molecule has 2 atom stereocenters. The summed E-state index contributed by atoms with van der Waals surface area (Å²) in [5.41, 5.74) is 4.37. The zero-order valence-electron chi connectivity index (χ0n) is 19.5. The summed E-state index contributed by atoms with van der Waals surface area (Å²) < 4.78 is 1.19. The first-order valence-electron chi connectivity index (χ1n) is 11.9. The van der Waals surface area contributed by atoms with Gasteiger partial charge < -0.3 is 21.5 Å². The Kier molecular flexibility index (Phi) is 9.10. The van der Waals surface area contributed by atoms with Crippen LogP contribution in [0.3, 0.4) is 0 Å². The number of piperazine rings is 1. The van der Waals surface area contributed by atoms with Crippen molar-refractivity contribution in [2.24, 2.45) is 0 Å². The molecule has 2 nitrogen and oxygen atoms in total. The third-order valence-corrected chi connectivity index (χ3v) is 7.31. The lowest BCUT2D eigenvalue weighted by Crippen LogP contribution is -3.00. The second-order valence-electron chi connectivity index (χ2n) is 9.42. The summed E-state index contributed by atoms with van der Waals surface area (Å²) in [4.78, 5) is 2.71. The lowest BCUT2D eigenvalue weighted by molar-refractivity contribution is -0.965. The summed E-state index contributed by atoms with van der Waals surface area (Å²) in [6.07, 6.45) is 2.28. The van der Waals surface area contributed by atoms with Gasteiger partial charge in [-0.1, -0.05) is 91.0 Å². The molecule has 1 aliphatic rings. The fourth-order valence-electron chi connectivity index (χ4n) is 5.25. The summed E-state index contributed by atoms with van der Waals surface area (Å²) in [7, 11) is 0. The van der Waals surface area contributed by atoms with Crippen LogP contribution in [0.4, 0.5) is 0 Å². The Morgan fingerprint density at radius 3 is 1.59 bits per heavy atom. The van der Waals surface area contributed by atoms with Crippen LogP contribution in [0.25, 0.3) is 0 Å². The van der Waals surface area contributed by atoms with Crippen LogP contribution in [-0.2, 0) is 19.4 Å². The highest BCUT2D eigenvalue weighted by Crippen LogP contribution is 2.26. The minimum Gasteiger partial charge on any atom is -1.00 e. The smallest absolute Gasteiger partial charge is 0.105 e. The monoisotopic (exact) mass is 492 g/mol. The number of benzene rings is 3. The van der Waals surface area contributed by atoms with Crippen molar-refractivity contribution < 1.29 is 21.5 Å². The van der Waals surface area contributed by atoms with E-state index < -0.39 is 0 Å². The highest BCUT2D eigenvalue weighted by atomic mass is 79.9. The molecule has 0 aliphatic carbocycles. The third kappa shape index (κ3) is 6.31. The van der Waals surface area contributed by atoms with Gasteiger partial charge in [-0.2, -0.15) is 0 Å². The number of hydrogen-bond acceptors (Lipinski definition) is 1. The standard InChI is InChI=1S/C29H37N2.BrH/c1-25(22-27-12-6-3-7-13-27)30-18-20-31(21-19-30,24-29-16-10-5-11-17-29)26(2)23-28-14-8-4-9-15-28;/h3-17,25-26H,18-24H2,1-2H3;1H/q+1;/p-1. The molecule has 1 saturated heterocycles. The van der Waals surface area contributed by atoms with Crippen LogP contribution in [0.15, 0.2) is 91.0 Å². The van der Waals surface area contributed by atoms with Crippen molar-refractivity contribution in [1.29, 1.82) is 0 Å². The largest absolute Gasteiger partial charge is 1.00 e. The summed E-state index contributed by atoms with van der Waals surface area (Å²) in [6.45, 7) is 10.8. The van der Waals surface area contributed by atoms with E-state index >= 15 is 0 Å². The average Bonchev–Trinajstić information content (AvgIpc) is 2.81. The van der Waals surface area contributed by atoms with E-state index in [1.807, 2.05) is 0 Å². The Morgan fingerprint density at radius 1 is 0.656 bits per heavy atom. The van der Waals surface area contributed by atoms with E-state index in [2.05, 4.69) is 110 Å². The molecule has 0 amide bonds. The van der Waals surface area contributed by atoms with Gasteiger partial charge in [0.15, 0.2) is 0 Å². The van der Waals surface area contributed by atoms with Crippen molar-refractivity contribution >= 4 is 0 Å². The second-order valence-corrected chi connectivity index (χ2v) is 9.42. The van der Waals surface area contributed by atoms with Crippen molar-refractivity contribution in [3.05, 3.63) is 108 Å². The number of rotatable bonds is 8. The minimum absolute atomic E-state index is 0. The number of quaternary nitrogens is 1. The average molecular weight is 494 g/mol. The fraction of sp³-hybridized carbons (Fsp3) is 0.379. The van der Waals surface area contributed by atoms with Crippen molar-refractivity contribution in [2.75, 3.05) is 26.2 Å². The highest BCUT2D eigenvalue weighted by Gasteiger charge is 2.38. The van der Waals surface area contributed by atoms with Crippen LogP contribution in [-0.4, -0.2) is 47.6 Å². The molecule has 0 bridgehead atoms. The predicted octanol–water partition coefficient (Wildman–Crippen LogP) is 2.59. The first-order chi connectivity index (χ1) is 15.1. The van der Waals surface area contributed by atoms with Gasteiger partial charge in [0, 0.05) is 31.1 Å². The summed E-state index contributed by atoms with van der Waals surface area (Å²) >= 11 is 0. The van der Waals surface area contributed by atoms with Gasteiger partial charge in [-0.3, -0.25) is 4.90 Å². The maximum atomic E-state index is 2.71. The Bertz CT molecular complexity index is 906. The zero-order chi connectivity index (χ0) is 21.5. The first-order valence-corrected chi connectivity index (χ1v) is 11.9. The van der Waals surface area contributed by atoms with Crippen LogP contribution < -0.4 is 17.0 Å². The van der Waals surface area contributed by atoms with Crippen molar-refractivity contribution in [3.8, 4) is 0 Å². The third-order valence-electron chi connectivity index (χ3n) is 7.31. The van der Waals surface area contributed by atoms with Crippen LogP contribution in [0.2, 0.25) is 0 Å². The van der Waals surface area contributed by atoms with Crippen molar-refractivity contribution in [1.82, 2.24) is 4.90 Å². The fourth-order valence-corrected chi connectivity index (χ4v) is 5.25. The second kappa shape index (κ2) is 11.8. The molecular formula is C29H37BrN2. The van der Waals surface area contributed by atoms with Gasteiger partial charge in [-0.05, 0) is 31.4 Å². The molecule has 3 heteroatoms. The summed E-state index contributed by atoms with van der Waals surface area (Å²) in [5, 5.41) is 0. The molecule has 1 aliphatic heterocycles. The summed E-state index contributed by atoms with van der Waals surface area (Å²) in [5.74, 6) is 0. The molecule has 0 radical (unpaired) electrons. The van der Waals surface area contributed by atoms with Crippen molar-refractivity contribution in [3.63, 3.8) is 0 Å². The molecule has 1 heterocycles. The SMILES string of the molecule is CC(Cc1ccccc1)N1CC[N+](Cc2ccccc2)(C(C)Cc2ccccc2)CC1.[Br-]. The minimum atomic E-state index is 0. The van der Waals surface area contributed by atoms with E-state index in [0.717, 1.165) is 19.4 Å². The number of nitrogens with zero attached hydrogens (tertiary/aromatic N) is 2. The van der Waals surface area contributed by atoms with Crippen LogP contribution in [0, 0.1) is 0 Å². The molecule has 2 unspecified atom stereocenters. The Hall–Kier alpha value is -1.94. The number of halogens is 1. The van der Waals surface area contributed by atoms with E-state index in [9.17, 15) is 0 Å². The molecule has 4 rings (SSSR count). The highest BCUT2D eigenvalue weighted by molar-refractivity contribution is 5.17. The topological polar surface area (TPSA) is 3.24 Å². The lowest BCUT2D eigenvalue weighted by Gasteiger charge is -2.50.